The quantitative estimate of drug-likeness (QED) is 0.301. The molecule has 16 heavy (non-hydrogen) atoms. The molecule has 90 valence electrons. The van der Waals surface area contributed by atoms with Gasteiger partial charge in [0.1, 0.15) is 6.42 Å². The minimum Gasteiger partial charge on any atom is -0.469 e. The first-order valence-corrected chi connectivity index (χ1v) is 5.36. The molecule has 0 rings (SSSR count). The number of carbonyl (C=O) groups excluding carboxylic acids is 2. The highest BCUT2D eigenvalue weighted by Crippen LogP contribution is 2.07. The van der Waals surface area contributed by atoms with Crippen molar-refractivity contribution >= 4 is 11.8 Å². The highest BCUT2D eigenvalue weighted by atomic mass is 16.5. The Morgan fingerprint density at radius 1 is 1.19 bits per heavy atom. The number of ketones is 1. The van der Waals surface area contributed by atoms with E-state index in [1.165, 1.54) is 18.8 Å². The predicted molar refractivity (Wildman–Crippen MR) is 64.1 cm³/mol. The van der Waals surface area contributed by atoms with Gasteiger partial charge in [0.2, 0.25) is 0 Å². The fourth-order valence-electron chi connectivity index (χ4n) is 1.20. The third-order valence-corrected chi connectivity index (χ3v) is 2.04. The number of rotatable bonds is 6. The van der Waals surface area contributed by atoms with Gasteiger partial charge in [-0.2, -0.15) is 0 Å². The fourth-order valence-corrected chi connectivity index (χ4v) is 1.20. The van der Waals surface area contributed by atoms with Crippen LogP contribution in [0.1, 0.15) is 40.0 Å². The molecular formula is C13H20O3. The molecule has 0 aromatic carbocycles. The first kappa shape index (κ1) is 14.6. The maximum absolute atomic E-state index is 11.3. The number of ether oxygens (including phenoxy) is 1. The van der Waals surface area contributed by atoms with Crippen LogP contribution in [0.25, 0.3) is 0 Å². The summed E-state index contributed by atoms with van der Waals surface area (Å²) >= 11 is 0. The summed E-state index contributed by atoms with van der Waals surface area (Å²) in [5.74, 6) is -0.681. The number of hydrogen-bond donors (Lipinski definition) is 0. The van der Waals surface area contributed by atoms with Crippen molar-refractivity contribution in [2.24, 2.45) is 0 Å². The van der Waals surface area contributed by atoms with Gasteiger partial charge >= 0.3 is 5.97 Å². The zero-order valence-electron chi connectivity index (χ0n) is 10.5. The topological polar surface area (TPSA) is 43.4 Å². The number of allylic oxidation sites excluding steroid dienone is 4. The van der Waals surface area contributed by atoms with Gasteiger partial charge in [-0.25, -0.2) is 0 Å². The van der Waals surface area contributed by atoms with E-state index in [-0.39, 0.29) is 12.2 Å². The molecule has 0 atom stereocenters. The van der Waals surface area contributed by atoms with Gasteiger partial charge in [0, 0.05) is 0 Å². The van der Waals surface area contributed by atoms with Crippen LogP contribution in [-0.4, -0.2) is 18.9 Å². The molecule has 0 saturated heterocycles. The predicted octanol–water partition coefficient (Wildman–Crippen LogP) is 2.81. The van der Waals surface area contributed by atoms with Crippen molar-refractivity contribution in [2.75, 3.05) is 7.11 Å². The maximum Gasteiger partial charge on any atom is 0.313 e. The molecule has 0 bridgehead atoms. The highest BCUT2D eigenvalue weighted by molar-refractivity contribution is 6.02. The standard InChI is InChI=1S/C13H20O3/c1-10(2)6-5-7-11(3)8-12(14)9-13(15)16-4/h6,8H,5,7,9H2,1-4H3/b11-8+. The molecule has 0 spiro atoms. The average Bonchev–Trinajstić information content (AvgIpc) is 2.16. The van der Waals surface area contributed by atoms with Gasteiger partial charge in [-0.1, -0.05) is 17.2 Å². The fraction of sp³-hybridized carbons (Fsp3) is 0.538. The Morgan fingerprint density at radius 2 is 1.81 bits per heavy atom. The smallest absolute Gasteiger partial charge is 0.313 e. The molecule has 0 fully saturated rings. The minimum absolute atomic E-state index is 0.170. The van der Waals surface area contributed by atoms with E-state index in [4.69, 9.17) is 0 Å². The van der Waals surface area contributed by atoms with Crippen molar-refractivity contribution in [1.29, 1.82) is 0 Å². The van der Waals surface area contributed by atoms with Crippen molar-refractivity contribution in [3.05, 3.63) is 23.3 Å². The zero-order valence-corrected chi connectivity index (χ0v) is 10.5. The molecule has 3 nitrogen and oxygen atoms in total. The van der Waals surface area contributed by atoms with Crippen molar-refractivity contribution in [3.63, 3.8) is 0 Å². The van der Waals surface area contributed by atoms with Gasteiger partial charge in [0.25, 0.3) is 0 Å². The average molecular weight is 224 g/mol. The maximum atomic E-state index is 11.3. The lowest BCUT2D eigenvalue weighted by molar-refractivity contribution is -0.142. The third-order valence-electron chi connectivity index (χ3n) is 2.04. The lowest BCUT2D eigenvalue weighted by Gasteiger charge is -1.99. The number of esters is 1. The van der Waals surface area contributed by atoms with Gasteiger partial charge in [0.15, 0.2) is 5.78 Å². The molecule has 0 aromatic rings. The third kappa shape index (κ3) is 7.97. The van der Waals surface area contributed by atoms with Crippen LogP contribution in [-0.2, 0) is 14.3 Å². The summed E-state index contributed by atoms with van der Waals surface area (Å²) in [6.07, 6.45) is 5.25. The van der Waals surface area contributed by atoms with E-state index in [1.54, 1.807) is 0 Å². The van der Waals surface area contributed by atoms with E-state index in [2.05, 4.69) is 10.8 Å². The molecule has 0 aliphatic rings. The molecule has 0 unspecified atom stereocenters. The number of methoxy groups -OCH3 is 1. The van der Waals surface area contributed by atoms with E-state index in [0.29, 0.717) is 0 Å². The molecule has 0 amide bonds. The van der Waals surface area contributed by atoms with Crippen molar-refractivity contribution in [3.8, 4) is 0 Å². The van der Waals surface area contributed by atoms with Crippen LogP contribution in [0.15, 0.2) is 23.3 Å². The first-order chi connectivity index (χ1) is 7.45. The van der Waals surface area contributed by atoms with Gasteiger partial charge in [-0.15, -0.1) is 0 Å². The van der Waals surface area contributed by atoms with Crippen LogP contribution in [0.2, 0.25) is 0 Å². The number of hydrogen-bond acceptors (Lipinski definition) is 3. The van der Waals surface area contributed by atoms with Crippen LogP contribution in [0.4, 0.5) is 0 Å². The first-order valence-electron chi connectivity index (χ1n) is 5.36. The Balaban J connectivity index is 4.06. The van der Waals surface area contributed by atoms with E-state index in [1.807, 2.05) is 20.8 Å². The summed E-state index contributed by atoms with van der Waals surface area (Å²) in [6.45, 7) is 5.98. The highest BCUT2D eigenvalue weighted by Gasteiger charge is 2.06. The molecule has 0 heterocycles. The minimum atomic E-state index is -0.488. The van der Waals surface area contributed by atoms with Crippen molar-refractivity contribution in [2.45, 2.75) is 40.0 Å². The molecule has 0 radical (unpaired) electrons. The molecule has 0 saturated carbocycles. The Labute approximate surface area is 97.2 Å². The molecule has 0 aromatic heterocycles. The normalized spacial score (nSPS) is 10.9. The summed E-state index contributed by atoms with van der Waals surface area (Å²) in [4.78, 5) is 22.2. The van der Waals surface area contributed by atoms with Crippen LogP contribution in [0, 0.1) is 0 Å². The summed E-state index contributed by atoms with van der Waals surface area (Å²) in [5.41, 5.74) is 2.26. The van der Waals surface area contributed by atoms with Gasteiger partial charge in [-0.05, 0) is 39.7 Å². The Hall–Kier alpha value is -1.38. The number of carbonyl (C=O) groups is 2. The SMILES string of the molecule is COC(=O)CC(=O)/C=C(\C)CCC=C(C)C. The van der Waals surface area contributed by atoms with E-state index in [0.717, 1.165) is 18.4 Å². The summed E-state index contributed by atoms with van der Waals surface area (Å²) < 4.78 is 4.42. The second-order valence-electron chi connectivity index (χ2n) is 4.03. The van der Waals surface area contributed by atoms with Crippen LogP contribution in [0.3, 0.4) is 0 Å². The van der Waals surface area contributed by atoms with Gasteiger partial charge < -0.3 is 4.74 Å². The second-order valence-corrected chi connectivity index (χ2v) is 4.03. The van der Waals surface area contributed by atoms with E-state index >= 15 is 0 Å². The van der Waals surface area contributed by atoms with Crippen LogP contribution < -0.4 is 0 Å². The van der Waals surface area contributed by atoms with Gasteiger partial charge in [-0.3, -0.25) is 9.59 Å². The largest absolute Gasteiger partial charge is 0.469 e. The van der Waals surface area contributed by atoms with Crippen molar-refractivity contribution in [1.82, 2.24) is 0 Å². The summed E-state index contributed by atoms with van der Waals surface area (Å²) in [6, 6.07) is 0. The van der Waals surface area contributed by atoms with E-state index in [9.17, 15) is 9.59 Å². The van der Waals surface area contributed by atoms with Crippen molar-refractivity contribution < 1.29 is 14.3 Å². The summed E-state index contributed by atoms with van der Waals surface area (Å²) in [7, 11) is 1.28. The van der Waals surface area contributed by atoms with Gasteiger partial charge in [0.05, 0.1) is 7.11 Å². The Kier molecular flexibility index (Phi) is 7.18. The molecule has 0 aliphatic carbocycles. The molecule has 0 aliphatic heterocycles. The molecular weight excluding hydrogens is 204 g/mol. The lowest BCUT2D eigenvalue weighted by Crippen LogP contribution is -2.07. The summed E-state index contributed by atoms with van der Waals surface area (Å²) in [5, 5.41) is 0. The van der Waals surface area contributed by atoms with Crippen LogP contribution in [0.5, 0.6) is 0 Å². The Morgan fingerprint density at radius 3 is 2.31 bits per heavy atom. The zero-order chi connectivity index (χ0) is 12.6. The molecule has 3 heteroatoms. The molecule has 0 N–H and O–H groups in total. The van der Waals surface area contributed by atoms with E-state index < -0.39 is 5.97 Å². The lowest BCUT2D eigenvalue weighted by atomic mass is 10.1. The van der Waals surface area contributed by atoms with Crippen LogP contribution >= 0.6 is 0 Å². The second kappa shape index (κ2) is 7.85. The monoisotopic (exact) mass is 224 g/mol. The Bertz CT molecular complexity index is 307.